The summed E-state index contributed by atoms with van der Waals surface area (Å²) in [6, 6.07) is 7.12. The summed E-state index contributed by atoms with van der Waals surface area (Å²) in [7, 11) is 1.83. The van der Waals surface area contributed by atoms with E-state index in [9.17, 15) is 4.79 Å². The molecule has 0 N–H and O–H groups in total. The molecule has 3 aromatic heterocycles. The van der Waals surface area contributed by atoms with Gasteiger partial charge in [-0.1, -0.05) is 0 Å². The van der Waals surface area contributed by atoms with Gasteiger partial charge in [-0.15, -0.1) is 11.3 Å². The van der Waals surface area contributed by atoms with Crippen molar-refractivity contribution >= 4 is 21.6 Å². The number of nitrogens with zero attached hydrogens (tertiary/aromatic N) is 5. The Morgan fingerprint density at radius 2 is 2.21 bits per heavy atom. The number of aromatic nitrogens is 5. The molecule has 1 aromatic carbocycles. The zero-order valence-electron chi connectivity index (χ0n) is 12.8. The lowest BCUT2D eigenvalue weighted by Gasteiger charge is -2.07. The molecule has 0 saturated carbocycles. The number of thiazole rings is 1. The average Bonchev–Trinajstić information content (AvgIpc) is 3.22. The van der Waals surface area contributed by atoms with E-state index in [-0.39, 0.29) is 12.0 Å². The largest absolute Gasteiger partial charge is 0.487 e. The van der Waals surface area contributed by atoms with Crippen LogP contribution in [0.25, 0.3) is 15.9 Å². The van der Waals surface area contributed by atoms with E-state index in [1.807, 2.05) is 31.4 Å². The smallest absolute Gasteiger partial charge is 0.206 e. The molecule has 0 unspecified atom stereocenters. The van der Waals surface area contributed by atoms with E-state index >= 15 is 0 Å². The Kier molecular flexibility index (Phi) is 3.58. The van der Waals surface area contributed by atoms with Crippen molar-refractivity contribution in [3.05, 3.63) is 64.3 Å². The van der Waals surface area contributed by atoms with Gasteiger partial charge in [0, 0.05) is 19.3 Å². The highest BCUT2D eigenvalue weighted by Crippen LogP contribution is 2.23. The molecular weight excluding hydrogens is 326 g/mol. The zero-order valence-corrected chi connectivity index (χ0v) is 13.6. The lowest BCUT2D eigenvalue weighted by atomic mass is 10.3. The second kappa shape index (κ2) is 5.89. The van der Waals surface area contributed by atoms with Crippen molar-refractivity contribution in [2.75, 3.05) is 0 Å². The van der Waals surface area contributed by atoms with E-state index in [4.69, 9.17) is 4.74 Å². The van der Waals surface area contributed by atoms with Crippen molar-refractivity contribution in [3.63, 3.8) is 0 Å². The fourth-order valence-electron chi connectivity index (χ4n) is 2.29. The van der Waals surface area contributed by atoms with Crippen molar-refractivity contribution in [1.29, 1.82) is 0 Å². The van der Waals surface area contributed by atoms with E-state index in [1.54, 1.807) is 38.6 Å². The standard InChI is InChI=1S/C16H13N5O2S/c1-20-8-11(7-18-20)21-5-4-15(22)14(19-21)9-23-12-2-3-13-16(6-12)24-10-17-13/h2-8,10H,9H2,1H3. The lowest BCUT2D eigenvalue weighted by molar-refractivity contribution is 0.298. The molecule has 8 heteroatoms. The van der Waals surface area contributed by atoms with Gasteiger partial charge in [0.1, 0.15) is 23.7 Å². The molecule has 0 aliphatic rings. The molecule has 0 spiro atoms. The first-order chi connectivity index (χ1) is 11.7. The molecule has 4 rings (SSSR count). The molecule has 0 fully saturated rings. The monoisotopic (exact) mass is 339 g/mol. The minimum absolute atomic E-state index is 0.101. The fraction of sp³-hybridized carbons (Fsp3) is 0.125. The molecule has 0 aliphatic heterocycles. The molecule has 0 radical (unpaired) electrons. The number of aryl methyl sites for hydroxylation is 1. The van der Waals surface area contributed by atoms with E-state index in [0.717, 1.165) is 15.9 Å². The number of hydrogen-bond acceptors (Lipinski definition) is 6. The third-order valence-corrected chi connectivity index (χ3v) is 4.31. The lowest BCUT2D eigenvalue weighted by Crippen LogP contribution is -2.17. The molecule has 0 saturated heterocycles. The van der Waals surface area contributed by atoms with Crippen LogP contribution >= 0.6 is 11.3 Å². The van der Waals surface area contributed by atoms with Gasteiger partial charge in [0.25, 0.3) is 0 Å². The van der Waals surface area contributed by atoms with Crippen molar-refractivity contribution in [3.8, 4) is 11.4 Å². The summed E-state index contributed by atoms with van der Waals surface area (Å²) < 4.78 is 10.1. The summed E-state index contributed by atoms with van der Waals surface area (Å²) in [6.07, 6.45) is 5.12. The van der Waals surface area contributed by atoms with Crippen LogP contribution < -0.4 is 10.2 Å². The summed E-state index contributed by atoms with van der Waals surface area (Å²) in [6.45, 7) is 0.101. The van der Waals surface area contributed by atoms with Gasteiger partial charge in [-0.25, -0.2) is 9.67 Å². The van der Waals surface area contributed by atoms with Crippen LogP contribution in [-0.2, 0) is 13.7 Å². The van der Waals surface area contributed by atoms with Crippen LogP contribution in [0.5, 0.6) is 5.75 Å². The molecular formula is C16H13N5O2S. The average molecular weight is 339 g/mol. The third kappa shape index (κ3) is 2.79. The zero-order chi connectivity index (χ0) is 16.5. The van der Waals surface area contributed by atoms with Gasteiger partial charge in [-0.05, 0) is 18.2 Å². The highest BCUT2D eigenvalue weighted by molar-refractivity contribution is 7.16. The van der Waals surface area contributed by atoms with Crippen LogP contribution in [0.3, 0.4) is 0 Å². The summed E-state index contributed by atoms with van der Waals surface area (Å²) >= 11 is 1.55. The minimum Gasteiger partial charge on any atom is -0.487 e. The normalized spacial score (nSPS) is 11.0. The Labute approximate surface area is 140 Å². The van der Waals surface area contributed by atoms with E-state index < -0.39 is 0 Å². The summed E-state index contributed by atoms with van der Waals surface area (Å²) in [4.78, 5) is 16.2. The molecule has 0 atom stereocenters. The number of fused-ring (bicyclic) bond motifs is 1. The van der Waals surface area contributed by atoms with E-state index in [1.165, 1.54) is 6.07 Å². The second-order valence-electron chi connectivity index (χ2n) is 5.21. The first-order valence-corrected chi connectivity index (χ1v) is 8.11. The van der Waals surface area contributed by atoms with Gasteiger partial charge in [0.05, 0.1) is 28.1 Å². The van der Waals surface area contributed by atoms with Crippen LogP contribution in [0, 0.1) is 0 Å². The number of hydrogen-bond donors (Lipinski definition) is 0. The Morgan fingerprint density at radius 1 is 1.29 bits per heavy atom. The second-order valence-corrected chi connectivity index (χ2v) is 6.10. The minimum atomic E-state index is -0.158. The molecule has 4 aromatic rings. The Balaban J connectivity index is 1.58. The van der Waals surface area contributed by atoms with Crippen molar-refractivity contribution in [1.82, 2.24) is 24.5 Å². The number of rotatable bonds is 4. The van der Waals surface area contributed by atoms with Gasteiger partial charge >= 0.3 is 0 Å². The number of benzene rings is 1. The predicted molar refractivity (Wildman–Crippen MR) is 90.6 cm³/mol. The van der Waals surface area contributed by atoms with Crippen LogP contribution in [0.4, 0.5) is 0 Å². The topological polar surface area (TPSA) is 74.8 Å². The highest BCUT2D eigenvalue weighted by atomic mass is 32.1. The van der Waals surface area contributed by atoms with Crippen molar-refractivity contribution in [2.24, 2.45) is 7.05 Å². The molecule has 120 valence electrons. The van der Waals surface area contributed by atoms with Gasteiger partial charge in [-0.2, -0.15) is 10.2 Å². The molecule has 0 amide bonds. The first kappa shape index (κ1) is 14.6. The molecule has 0 bridgehead atoms. The van der Waals surface area contributed by atoms with Gasteiger partial charge in [0.15, 0.2) is 0 Å². The van der Waals surface area contributed by atoms with Crippen LogP contribution in [0.15, 0.2) is 53.2 Å². The SMILES string of the molecule is Cn1cc(-n2ccc(=O)c(COc3ccc4ncsc4c3)n2)cn1. The predicted octanol–water partition coefficient (Wildman–Crippen LogP) is 2.15. The van der Waals surface area contributed by atoms with Crippen LogP contribution in [-0.4, -0.2) is 24.5 Å². The summed E-state index contributed by atoms with van der Waals surface area (Å²) in [5.41, 5.74) is 3.69. The number of ether oxygens (including phenoxy) is 1. The fourth-order valence-corrected chi connectivity index (χ4v) is 3.00. The van der Waals surface area contributed by atoms with Crippen molar-refractivity contribution < 1.29 is 4.74 Å². The van der Waals surface area contributed by atoms with Crippen LogP contribution in [0.2, 0.25) is 0 Å². The van der Waals surface area contributed by atoms with Gasteiger partial charge in [0.2, 0.25) is 5.43 Å². The van der Waals surface area contributed by atoms with Crippen LogP contribution in [0.1, 0.15) is 5.69 Å². The summed E-state index contributed by atoms with van der Waals surface area (Å²) in [5, 5.41) is 8.44. The molecule has 0 aliphatic carbocycles. The quantitative estimate of drug-likeness (QED) is 0.569. The first-order valence-electron chi connectivity index (χ1n) is 7.23. The molecule has 24 heavy (non-hydrogen) atoms. The van der Waals surface area contributed by atoms with Gasteiger partial charge < -0.3 is 4.74 Å². The van der Waals surface area contributed by atoms with Crippen molar-refractivity contribution in [2.45, 2.75) is 6.61 Å². The van der Waals surface area contributed by atoms with Gasteiger partial charge in [-0.3, -0.25) is 9.48 Å². The highest BCUT2D eigenvalue weighted by Gasteiger charge is 2.07. The van der Waals surface area contributed by atoms with E-state index in [0.29, 0.717) is 11.4 Å². The molecule has 7 nitrogen and oxygen atoms in total. The summed E-state index contributed by atoms with van der Waals surface area (Å²) in [5.74, 6) is 0.685. The Bertz CT molecular complexity index is 1070. The maximum absolute atomic E-state index is 12.0. The third-order valence-electron chi connectivity index (χ3n) is 3.51. The van der Waals surface area contributed by atoms with E-state index in [2.05, 4.69) is 15.2 Å². The Morgan fingerprint density at radius 3 is 3.04 bits per heavy atom. The molecule has 3 heterocycles. The maximum atomic E-state index is 12.0. The Hall–Kier alpha value is -3.00. The maximum Gasteiger partial charge on any atom is 0.206 e.